The molecular weight excluding hydrogens is 208 g/mol. The molecule has 0 aromatic carbocycles. The number of likely N-dealkylation sites (tertiary alicyclic amines) is 1. The number of rotatable bonds is 1. The third kappa shape index (κ3) is 1.53. The van der Waals surface area contributed by atoms with Gasteiger partial charge in [-0.05, 0) is 19.9 Å². The number of nitrogens with zero attached hydrogens (tertiary/aromatic N) is 3. The molecule has 2 rings (SSSR count). The van der Waals surface area contributed by atoms with Crippen molar-refractivity contribution in [2.24, 2.45) is 0 Å². The first kappa shape index (κ1) is 10.9. The van der Waals surface area contributed by atoms with Crippen molar-refractivity contribution in [1.29, 1.82) is 5.26 Å². The lowest BCUT2D eigenvalue weighted by atomic mass is 9.88. The zero-order valence-corrected chi connectivity index (χ0v) is 9.19. The van der Waals surface area contributed by atoms with Gasteiger partial charge in [-0.2, -0.15) is 5.26 Å². The minimum absolute atomic E-state index is 0.164. The number of hydrogen-bond acceptors (Lipinski definition) is 4. The van der Waals surface area contributed by atoms with Crippen LogP contribution in [0.15, 0.2) is 0 Å². The number of nitrogens with one attached hydrogen (secondary N) is 1. The molecule has 1 N–H and O–H groups in total. The van der Waals surface area contributed by atoms with Gasteiger partial charge in [0.05, 0.1) is 6.07 Å². The Kier molecular flexibility index (Phi) is 2.56. The van der Waals surface area contributed by atoms with Crippen molar-refractivity contribution in [3.63, 3.8) is 0 Å². The molecular formula is C10H14N4O2. The number of amides is 3. The number of nitriles is 1. The van der Waals surface area contributed by atoms with E-state index in [0.29, 0.717) is 12.8 Å². The molecule has 0 aromatic heterocycles. The molecule has 2 saturated heterocycles. The van der Waals surface area contributed by atoms with Crippen molar-refractivity contribution in [1.82, 2.24) is 15.1 Å². The van der Waals surface area contributed by atoms with E-state index >= 15 is 0 Å². The lowest BCUT2D eigenvalue weighted by Gasteiger charge is -2.35. The minimum atomic E-state index is -0.750. The summed E-state index contributed by atoms with van der Waals surface area (Å²) in [6, 6.07) is 1.40. The van der Waals surface area contributed by atoms with E-state index in [2.05, 4.69) is 10.2 Å². The van der Waals surface area contributed by atoms with Crippen molar-refractivity contribution in [2.45, 2.75) is 18.4 Å². The fraction of sp³-hybridized carbons (Fsp3) is 0.700. The first-order valence-corrected chi connectivity index (χ1v) is 5.29. The minimum Gasteiger partial charge on any atom is -0.323 e. The number of piperidine rings is 1. The Morgan fingerprint density at radius 3 is 2.62 bits per heavy atom. The van der Waals surface area contributed by atoms with Gasteiger partial charge >= 0.3 is 6.03 Å². The Morgan fingerprint density at radius 1 is 1.44 bits per heavy atom. The molecule has 0 atom stereocenters. The summed E-state index contributed by atoms with van der Waals surface area (Å²) in [5, 5.41) is 11.3. The Morgan fingerprint density at radius 2 is 2.06 bits per heavy atom. The van der Waals surface area contributed by atoms with E-state index in [0.717, 1.165) is 18.0 Å². The molecule has 2 aliphatic rings. The molecule has 0 bridgehead atoms. The van der Waals surface area contributed by atoms with Gasteiger partial charge < -0.3 is 10.2 Å². The summed E-state index contributed by atoms with van der Waals surface area (Å²) >= 11 is 0. The first-order chi connectivity index (χ1) is 7.59. The molecule has 0 unspecified atom stereocenters. The van der Waals surface area contributed by atoms with Crippen LogP contribution in [0.5, 0.6) is 0 Å². The molecule has 86 valence electrons. The van der Waals surface area contributed by atoms with Gasteiger partial charge in [0.25, 0.3) is 5.91 Å². The Hall–Kier alpha value is -1.61. The van der Waals surface area contributed by atoms with Crippen molar-refractivity contribution in [2.75, 3.05) is 26.7 Å². The summed E-state index contributed by atoms with van der Waals surface area (Å²) in [5.74, 6) is -0.243. The number of imide groups is 1. The quantitative estimate of drug-likeness (QED) is 0.480. The van der Waals surface area contributed by atoms with Gasteiger partial charge in [0.15, 0.2) is 0 Å². The van der Waals surface area contributed by atoms with Crippen molar-refractivity contribution >= 4 is 11.9 Å². The normalized spacial score (nSPS) is 24.6. The van der Waals surface area contributed by atoms with Crippen molar-refractivity contribution < 1.29 is 9.59 Å². The summed E-state index contributed by atoms with van der Waals surface area (Å²) in [4.78, 5) is 26.7. The fourth-order valence-electron chi connectivity index (χ4n) is 2.23. The van der Waals surface area contributed by atoms with E-state index in [4.69, 9.17) is 5.26 Å². The van der Waals surface area contributed by atoms with Crippen LogP contribution in [0.1, 0.15) is 12.8 Å². The van der Waals surface area contributed by atoms with Gasteiger partial charge in [-0.3, -0.25) is 4.79 Å². The van der Waals surface area contributed by atoms with Crippen LogP contribution in [0.2, 0.25) is 0 Å². The summed E-state index contributed by atoms with van der Waals surface area (Å²) in [7, 11) is 1.99. The van der Waals surface area contributed by atoms with Gasteiger partial charge in [-0.25, -0.2) is 9.69 Å². The van der Waals surface area contributed by atoms with E-state index in [1.807, 2.05) is 13.1 Å². The fourth-order valence-corrected chi connectivity index (χ4v) is 2.23. The molecule has 0 saturated carbocycles. The maximum atomic E-state index is 12.1. The van der Waals surface area contributed by atoms with Gasteiger partial charge in [0.2, 0.25) is 0 Å². The third-order valence-corrected chi connectivity index (χ3v) is 3.32. The predicted octanol–water partition coefficient (Wildman–Crippen LogP) is -0.474. The van der Waals surface area contributed by atoms with Gasteiger partial charge in [-0.15, -0.1) is 0 Å². The largest absolute Gasteiger partial charge is 0.325 e. The summed E-state index contributed by atoms with van der Waals surface area (Å²) in [6.45, 7) is 1.40. The molecule has 3 amide bonds. The highest BCUT2D eigenvalue weighted by molar-refractivity contribution is 6.07. The molecule has 6 heteroatoms. The van der Waals surface area contributed by atoms with E-state index in [-0.39, 0.29) is 12.5 Å². The average molecular weight is 222 g/mol. The Labute approximate surface area is 93.8 Å². The predicted molar refractivity (Wildman–Crippen MR) is 55.3 cm³/mol. The molecule has 2 heterocycles. The number of carbonyl (C=O) groups is 2. The second-order valence-electron chi connectivity index (χ2n) is 4.36. The monoisotopic (exact) mass is 222 g/mol. The topological polar surface area (TPSA) is 76.4 Å². The van der Waals surface area contributed by atoms with E-state index < -0.39 is 11.6 Å². The lowest BCUT2D eigenvalue weighted by Crippen LogP contribution is -2.54. The molecule has 0 aromatic rings. The molecule has 0 radical (unpaired) electrons. The highest BCUT2D eigenvalue weighted by Gasteiger charge is 2.51. The standard InChI is InChI=1S/C10H14N4O2/c1-13-5-2-10(3-6-13)8(15)14(7-4-11)9(16)12-10/h2-3,5-7H2,1H3,(H,12,16). The Bertz CT molecular complexity index is 366. The van der Waals surface area contributed by atoms with Crippen LogP contribution in [0.3, 0.4) is 0 Å². The van der Waals surface area contributed by atoms with E-state index in [9.17, 15) is 9.59 Å². The molecule has 2 aliphatic heterocycles. The van der Waals surface area contributed by atoms with Crippen LogP contribution in [0.25, 0.3) is 0 Å². The molecule has 0 aliphatic carbocycles. The van der Waals surface area contributed by atoms with Gasteiger partial charge in [0, 0.05) is 13.1 Å². The van der Waals surface area contributed by atoms with Crippen molar-refractivity contribution in [3.05, 3.63) is 0 Å². The lowest BCUT2D eigenvalue weighted by molar-refractivity contribution is -0.132. The first-order valence-electron chi connectivity index (χ1n) is 5.29. The highest BCUT2D eigenvalue weighted by atomic mass is 16.2. The van der Waals surface area contributed by atoms with Gasteiger partial charge in [0.1, 0.15) is 12.1 Å². The zero-order valence-electron chi connectivity index (χ0n) is 9.19. The maximum absolute atomic E-state index is 12.1. The highest BCUT2D eigenvalue weighted by Crippen LogP contribution is 2.28. The smallest absolute Gasteiger partial charge is 0.323 e. The second kappa shape index (κ2) is 3.76. The zero-order chi connectivity index (χ0) is 11.8. The van der Waals surface area contributed by atoms with Crippen LogP contribution in [0, 0.1) is 11.3 Å². The van der Waals surface area contributed by atoms with Crippen LogP contribution in [-0.4, -0.2) is 54.0 Å². The SMILES string of the molecule is CN1CCC2(CC1)NC(=O)N(CC#N)C2=O. The van der Waals surface area contributed by atoms with E-state index in [1.165, 1.54) is 0 Å². The summed E-state index contributed by atoms with van der Waals surface area (Å²) in [6.07, 6.45) is 1.24. The van der Waals surface area contributed by atoms with Crippen LogP contribution in [0.4, 0.5) is 4.79 Å². The summed E-state index contributed by atoms with van der Waals surface area (Å²) in [5.41, 5.74) is -0.750. The number of carbonyl (C=O) groups excluding carboxylic acids is 2. The molecule has 1 spiro atoms. The second-order valence-corrected chi connectivity index (χ2v) is 4.36. The van der Waals surface area contributed by atoms with Gasteiger partial charge in [-0.1, -0.05) is 0 Å². The van der Waals surface area contributed by atoms with Crippen LogP contribution < -0.4 is 5.32 Å². The number of hydrogen-bond donors (Lipinski definition) is 1. The number of urea groups is 1. The average Bonchev–Trinajstić information content (AvgIpc) is 2.49. The van der Waals surface area contributed by atoms with Crippen LogP contribution in [-0.2, 0) is 4.79 Å². The third-order valence-electron chi connectivity index (χ3n) is 3.32. The Balaban J connectivity index is 2.17. The molecule has 6 nitrogen and oxygen atoms in total. The molecule has 16 heavy (non-hydrogen) atoms. The van der Waals surface area contributed by atoms with Crippen LogP contribution >= 0.6 is 0 Å². The van der Waals surface area contributed by atoms with E-state index in [1.54, 1.807) is 0 Å². The molecule has 2 fully saturated rings. The van der Waals surface area contributed by atoms with Crippen molar-refractivity contribution in [3.8, 4) is 6.07 Å². The maximum Gasteiger partial charge on any atom is 0.325 e. The summed E-state index contributed by atoms with van der Waals surface area (Å²) < 4.78 is 0.